The summed E-state index contributed by atoms with van der Waals surface area (Å²) in [7, 11) is 0. The molecule has 1 atom stereocenters. The normalized spacial score (nSPS) is 20.7. The van der Waals surface area contributed by atoms with Crippen molar-refractivity contribution >= 4 is 23.4 Å². The molecule has 1 heterocycles. The van der Waals surface area contributed by atoms with E-state index in [1.165, 1.54) is 0 Å². The molecule has 1 unspecified atom stereocenters. The lowest BCUT2D eigenvalue weighted by Crippen LogP contribution is -2.33. The summed E-state index contributed by atoms with van der Waals surface area (Å²) >= 11 is 1.60. The first kappa shape index (κ1) is 10.3. The summed E-state index contributed by atoms with van der Waals surface area (Å²) in [6, 6.07) is 9.91. The molecule has 1 aliphatic rings. The molecular formula is C12H13NOS. The molecule has 0 saturated heterocycles. The minimum absolute atomic E-state index is 0.0671. The summed E-state index contributed by atoms with van der Waals surface area (Å²) < 4.78 is 0. The summed E-state index contributed by atoms with van der Waals surface area (Å²) in [5.74, 6) is 0.115. The van der Waals surface area contributed by atoms with Crippen molar-refractivity contribution in [1.82, 2.24) is 5.32 Å². The van der Waals surface area contributed by atoms with E-state index in [0.29, 0.717) is 0 Å². The van der Waals surface area contributed by atoms with E-state index in [2.05, 4.69) is 5.32 Å². The zero-order valence-electron chi connectivity index (χ0n) is 8.57. The molecule has 0 bridgehead atoms. The molecule has 1 aliphatic heterocycles. The van der Waals surface area contributed by atoms with Crippen LogP contribution >= 0.6 is 11.8 Å². The smallest absolute Gasteiger partial charge is 0.237 e. The monoisotopic (exact) mass is 219 g/mol. The number of carbonyl (C=O) groups is 1. The lowest BCUT2D eigenvalue weighted by molar-refractivity contribution is -0.119. The Morgan fingerprint density at radius 1 is 1.33 bits per heavy atom. The first-order chi connectivity index (χ1) is 7.31. The van der Waals surface area contributed by atoms with Gasteiger partial charge >= 0.3 is 0 Å². The van der Waals surface area contributed by atoms with Crippen LogP contribution in [-0.4, -0.2) is 11.2 Å². The minimum atomic E-state index is 0.0671. The topological polar surface area (TPSA) is 29.1 Å². The highest BCUT2D eigenvalue weighted by atomic mass is 32.2. The fourth-order valence-corrected chi connectivity index (χ4v) is 2.36. The van der Waals surface area contributed by atoms with Gasteiger partial charge in [0.15, 0.2) is 0 Å². The first-order valence-corrected chi connectivity index (χ1v) is 5.97. The second-order valence-corrected chi connectivity index (χ2v) is 4.50. The predicted molar refractivity (Wildman–Crippen MR) is 64.2 cm³/mol. The molecule has 0 fully saturated rings. The Kier molecular flexibility index (Phi) is 3.11. The molecule has 1 aromatic rings. The van der Waals surface area contributed by atoms with Gasteiger partial charge in [-0.05, 0) is 17.4 Å². The second kappa shape index (κ2) is 4.53. The molecule has 78 valence electrons. The SMILES string of the molecule is CCC1SC=C(c2ccccc2)NC1=O. The van der Waals surface area contributed by atoms with Crippen molar-refractivity contribution in [2.45, 2.75) is 18.6 Å². The van der Waals surface area contributed by atoms with Crippen molar-refractivity contribution in [3.63, 3.8) is 0 Å². The Labute approximate surface area is 93.8 Å². The summed E-state index contributed by atoms with van der Waals surface area (Å²) in [6.45, 7) is 2.03. The fourth-order valence-electron chi connectivity index (χ4n) is 1.49. The standard InChI is InChI=1S/C12H13NOS/c1-2-11-12(14)13-10(8-15-11)9-6-4-3-5-7-9/h3-8,11H,2H2,1H3,(H,13,14). The van der Waals surface area contributed by atoms with Gasteiger partial charge in [-0.1, -0.05) is 37.3 Å². The van der Waals surface area contributed by atoms with Crippen molar-refractivity contribution in [3.8, 4) is 0 Å². The maximum atomic E-state index is 11.6. The third kappa shape index (κ3) is 2.23. The van der Waals surface area contributed by atoms with Crippen LogP contribution in [0.2, 0.25) is 0 Å². The number of carbonyl (C=O) groups excluding carboxylic acids is 1. The van der Waals surface area contributed by atoms with Gasteiger partial charge in [0.25, 0.3) is 0 Å². The maximum Gasteiger partial charge on any atom is 0.237 e. The zero-order valence-corrected chi connectivity index (χ0v) is 9.38. The van der Waals surface area contributed by atoms with Crippen LogP contribution in [0.5, 0.6) is 0 Å². The third-order valence-corrected chi connectivity index (χ3v) is 3.60. The minimum Gasteiger partial charge on any atom is -0.324 e. The fraction of sp³-hybridized carbons (Fsp3) is 0.250. The Balaban J connectivity index is 2.20. The van der Waals surface area contributed by atoms with Crippen LogP contribution in [0.1, 0.15) is 18.9 Å². The van der Waals surface area contributed by atoms with Crippen molar-refractivity contribution < 1.29 is 4.79 Å². The Morgan fingerprint density at radius 2 is 2.07 bits per heavy atom. The average Bonchev–Trinajstić information content (AvgIpc) is 2.30. The highest BCUT2D eigenvalue weighted by molar-refractivity contribution is 8.03. The molecule has 0 aromatic heterocycles. The van der Waals surface area contributed by atoms with Gasteiger partial charge in [0, 0.05) is 0 Å². The quantitative estimate of drug-likeness (QED) is 0.828. The van der Waals surface area contributed by atoms with E-state index in [1.807, 2.05) is 42.7 Å². The van der Waals surface area contributed by atoms with Crippen molar-refractivity contribution in [1.29, 1.82) is 0 Å². The summed E-state index contributed by atoms with van der Waals surface area (Å²) in [5, 5.41) is 5.03. The van der Waals surface area contributed by atoms with Gasteiger partial charge in [-0.3, -0.25) is 4.79 Å². The number of hydrogen-bond acceptors (Lipinski definition) is 2. The van der Waals surface area contributed by atoms with E-state index in [1.54, 1.807) is 11.8 Å². The van der Waals surface area contributed by atoms with Crippen LogP contribution in [0.3, 0.4) is 0 Å². The van der Waals surface area contributed by atoms with Crippen molar-refractivity contribution in [2.24, 2.45) is 0 Å². The van der Waals surface area contributed by atoms with Gasteiger partial charge in [0.1, 0.15) is 0 Å². The summed E-state index contributed by atoms with van der Waals surface area (Å²) in [5.41, 5.74) is 1.98. The molecule has 1 N–H and O–H groups in total. The van der Waals surface area contributed by atoms with Gasteiger partial charge in [-0.15, -0.1) is 11.8 Å². The number of rotatable bonds is 2. The Hall–Kier alpha value is -1.22. The zero-order chi connectivity index (χ0) is 10.7. The lowest BCUT2D eigenvalue weighted by Gasteiger charge is -2.20. The van der Waals surface area contributed by atoms with Crippen LogP contribution in [0, 0.1) is 0 Å². The summed E-state index contributed by atoms with van der Waals surface area (Å²) in [4.78, 5) is 11.6. The predicted octanol–water partition coefficient (Wildman–Crippen LogP) is 2.63. The largest absolute Gasteiger partial charge is 0.324 e. The third-order valence-electron chi connectivity index (χ3n) is 2.36. The van der Waals surface area contributed by atoms with Gasteiger partial charge in [0.05, 0.1) is 10.9 Å². The molecule has 0 spiro atoms. The van der Waals surface area contributed by atoms with E-state index in [9.17, 15) is 4.79 Å². The van der Waals surface area contributed by atoms with E-state index < -0.39 is 0 Å². The highest BCUT2D eigenvalue weighted by Crippen LogP contribution is 2.26. The van der Waals surface area contributed by atoms with Gasteiger partial charge < -0.3 is 5.32 Å². The van der Waals surface area contributed by atoms with Gasteiger partial charge in [-0.25, -0.2) is 0 Å². The molecule has 0 radical (unpaired) electrons. The van der Waals surface area contributed by atoms with E-state index in [0.717, 1.165) is 17.7 Å². The highest BCUT2D eigenvalue weighted by Gasteiger charge is 2.21. The van der Waals surface area contributed by atoms with Crippen LogP contribution in [0.4, 0.5) is 0 Å². The molecule has 2 nitrogen and oxygen atoms in total. The number of hydrogen-bond donors (Lipinski definition) is 1. The molecule has 15 heavy (non-hydrogen) atoms. The van der Waals surface area contributed by atoms with Gasteiger partial charge in [0.2, 0.25) is 5.91 Å². The van der Waals surface area contributed by atoms with Crippen molar-refractivity contribution in [2.75, 3.05) is 0 Å². The maximum absolute atomic E-state index is 11.6. The number of benzene rings is 1. The first-order valence-electron chi connectivity index (χ1n) is 5.03. The van der Waals surface area contributed by atoms with Crippen LogP contribution < -0.4 is 5.32 Å². The summed E-state index contributed by atoms with van der Waals surface area (Å²) in [6.07, 6.45) is 0.870. The van der Waals surface area contributed by atoms with E-state index in [-0.39, 0.29) is 11.2 Å². The van der Waals surface area contributed by atoms with Crippen LogP contribution in [0.25, 0.3) is 5.70 Å². The van der Waals surface area contributed by atoms with Gasteiger partial charge in [-0.2, -0.15) is 0 Å². The Bertz CT molecular complexity index is 386. The van der Waals surface area contributed by atoms with Crippen LogP contribution in [-0.2, 0) is 4.79 Å². The molecule has 1 aromatic carbocycles. The Morgan fingerprint density at radius 3 is 2.67 bits per heavy atom. The number of amides is 1. The molecule has 0 aliphatic carbocycles. The molecule has 0 saturated carbocycles. The van der Waals surface area contributed by atoms with Crippen molar-refractivity contribution in [3.05, 3.63) is 41.3 Å². The molecule has 2 rings (SSSR count). The molecular weight excluding hydrogens is 206 g/mol. The molecule has 1 amide bonds. The number of thioether (sulfide) groups is 1. The second-order valence-electron chi connectivity index (χ2n) is 3.42. The van der Waals surface area contributed by atoms with E-state index in [4.69, 9.17) is 0 Å². The average molecular weight is 219 g/mol. The van der Waals surface area contributed by atoms with Crippen LogP contribution in [0.15, 0.2) is 35.7 Å². The molecule has 3 heteroatoms. The lowest BCUT2D eigenvalue weighted by atomic mass is 10.1. The number of nitrogens with one attached hydrogen (secondary N) is 1. The van der Waals surface area contributed by atoms with E-state index >= 15 is 0 Å².